The zero-order valence-corrected chi connectivity index (χ0v) is 14.9. The SMILES string of the molecule is CC1CCCCC1NS(=O)(=O)c1c(Cl)cc(Br)cc1Cl. The van der Waals surface area contributed by atoms with E-state index >= 15 is 0 Å². The van der Waals surface area contributed by atoms with Crippen LogP contribution in [0.1, 0.15) is 32.6 Å². The summed E-state index contributed by atoms with van der Waals surface area (Å²) in [5.41, 5.74) is 0. The van der Waals surface area contributed by atoms with Gasteiger partial charge in [-0.1, -0.05) is 58.9 Å². The fourth-order valence-electron chi connectivity index (χ4n) is 2.54. The number of hydrogen-bond donors (Lipinski definition) is 1. The maximum atomic E-state index is 12.5. The van der Waals surface area contributed by atoms with Gasteiger partial charge in [0.05, 0.1) is 10.0 Å². The molecule has 1 aliphatic rings. The molecule has 2 unspecified atom stereocenters. The van der Waals surface area contributed by atoms with Gasteiger partial charge in [-0.05, 0) is 30.9 Å². The number of nitrogens with one attached hydrogen (secondary N) is 1. The summed E-state index contributed by atoms with van der Waals surface area (Å²) in [6.07, 6.45) is 4.08. The largest absolute Gasteiger partial charge is 0.243 e. The van der Waals surface area contributed by atoms with Crippen molar-refractivity contribution < 1.29 is 8.42 Å². The smallest absolute Gasteiger partial charge is 0.208 e. The van der Waals surface area contributed by atoms with Gasteiger partial charge in [0.2, 0.25) is 10.0 Å². The van der Waals surface area contributed by atoms with Crippen molar-refractivity contribution in [3.05, 3.63) is 26.7 Å². The molecule has 3 nitrogen and oxygen atoms in total. The van der Waals surface area contributed by atoms with Crippen LogP contribution in [0.2, 0.25) is 10.0 Å². The Morgan fingerprint density at radius 3 is 2.30 bits per heavy atom. The van der Waals surface area contributed by atoms with E-state index in [1.165, 1.54) is 12.1 Å². The lowest BCUT2D eigenvalue weighted by atomic mass is 9.87. The molecular weight excluding hydrogens is 385 g/mol. The first-order valence-electron chi connectivity index (χ1n) is 6.48. The fraction of sp³-hybridized carbons (Fsp3) is 0.538. The Bertz CT molecular complexity index is 583. The van der Waals surface area contributed by atoms with Crippen molar-refractivity contribution in [1.29, 1.82) is 0 Å². The fourth-order valence-corrected chi connectivity index (χ4v) is 5.85. The van der Waals surface area contributed by atoms with Gasteiger partial charge in [-0.25, -0.2) is 13.1 Å². The molecule has 0 bridgehead atoms. The van der Waals surface area contributed by atoms with Crippen LogP contribution in [0.5, 0.6) is 0 Å². The standard InChI is InChI=1S/C13H16BrCl2NO2S/c1-8-4-2-3-5-12(8)17-20(18,19)13-10(15)6-9(14)7-11(13)16/h6-8,12,17H,2-5H2,1H3. The van der Waals surface area contributed by atoms with Crippen LogP contribution in [0.15, 0.2) is 21.5 Å². The third kappa shape index (κ3) is 3.69. The Morgan fingerprint density at radius 1 is 1.20 bits per heavy atom. The Balaban J connectivity index is 2.31. The Morgan fingerprint density at radius 2 is 1.75 bits per heavy atom. The molecule has 0 spiro atoms. The van der Waals surface area contributed by atoms with Crippen LogP contribution in [0, 0.1) is 5.92 Å². The van der Waals surface area contributed by atoms with Crippen LogP contribution in [-0.2, 0) is 10.0 Å². The quantitative estimate of drug-likeness (QED) is 0.804. The van der Waals surface area contributed by atoms with E-state index < -0.39 is 10.0 Å². The van der Waals surface area contributed by atoms with E-state index in [9.17, 15) is 8.42 Å². The molecular formula is C13H16BrCl2NO2S. The van der Waals surface area contributed by atoms with Gasteiger partial charge >= 0.3 is 0 Å². The van der Waals surface area contributed by atoms with E-state index in [4.69, 9.17) is 23.2 Å². The van der Waals surface area contributed by atoms with Crippen molar-refractivity contribution >= 4 is 49.2 Å². The lowest BCUT2D eigenvalue weighted by Crippen LogP contribution is -2.41. The minimum Gasteiger partial charge on any atom is -0.208 e. The average Bonchev–Trinajstić information content (AvgIpc) is 2.30. The molecule has 1 N–H and O–H groups in total. The number of hydrogen-bond acceptors (Lipinski definition) is 2. The highest BCUT2D eigenvalue weighted by Gasteiger charge is 2.29. The van der Waals surface area contributed by atoms with Crippen molar-refractivity contribution in [3.8, 4) is 0 Å². The van der Waals surface area contributed by atoms with E-state index in [1.807, 2.05) is 0 Å². The number of halogens is 3. The Kier molecular flexibility index (Phi) is 5.40. The molecule has 7 heteroatoms. The first-order chi connectivity index (χ1) is 9.31. The van der Waals surface area contributed by atoms with E-state index in [0.29, 0.717) is 10.4 Å². The van der Waals surface area contributed by atoms with E-state index in [2.05, 4.69) is 27.6 Å². The normalized spacial score (nSPS) is 23.8. The molecule has 0 aromatic heterocycles. The molecule has 0 heterocycles. The maximum Gasteiger partial charge on any atom is 0.243 e. The second-order valence-electron chi connectivity index (χ2n) is 5.19. The monoisotopic (exact) mass is 399 g/mol. The lowest BCUT2D eigenvalue weighted by molar-refractivity contribution is 0.310. The van der Waals surface area contributed by atoms with Crippen molar-refractivity contribution in [2.45, 2.75) is 43.5 Å². The van der Waals surface area contributed by atoms with Gasteiger partial charge in [0, 0.05) is 10.5 Å². The predicted octanol–water partition coefficient (Wildman–Crippen LogP) is 4.61. The molecule has 0 radical (unpaired) electrons. The third-order valence-corrected chi connectivity index (χ3v) is 6.52. The second-order valence-corrected chi connectivity index (χ2v) is 8.57. The average molecular weight is 401 g/mol. The summed E-state index contributed by atoms with van der Waals surface area (Å²) in [4.78, 5) is -0.0400. The van der Waals surface area contributed by atoms with Crippen molar-refractivity contribution in [1.82, 2.24) is 4.72 Å². The van der Waals surface area contributed by atoms with Gasteiger partial charge in [-0.15, -0.1) is 0 Å². The number of sulfonamides is 1. The molecule has 1 aromatic rings. The zero-order valence-electron chi connectivity index (χ0n) is 11.0. The van der Waals surface area contributed by atoms with Crippen LogP contribution in [-0.4, -0.2) is 14.5 Å². The predicted molar refractivity (Wildman–Crippen MR) is 85.9 cm³/mol. The van der Waals surface area contributed by atoms with Crippen LogP contribution in [0.25, 0.3) is 0 Å². The zero-order chi connectivity index (χ0) is 14.9. The molecule has 0 amide bonds. The van der Waals surface area contributed by atoms with Gasteiger partial charge in [0.25, 0.3) is 0 Å². The van der Waals surface area contributed by atoms with E-state index in [-0.39, 0.29) is 21.0 Å². The van der Waals surface area contributed by atoms with E-state index in [0.717, 1.165) is 25.7 Å². The molecule has 0 aliphatic heterocycles. The molecule has 1 aromatic carbocycles. The third-order valence-electron chi connectivity index (χ3n) is 3.65. The first-order valence-corrected chi connectivity index (χ1v) is 9.51. The molecule has 2 rings (SSSR count). The highest BCUT2D eigenvalue weighted by molar-refractivity contribution is 9.10. The number of benzene rings is 1. The maximum absolute atomic E-state index is 12.5. The van der Waals surface area contributed by atoms with Gasteiger partial charge in [0.1, 0.15) is 4.90 Å². The van der Waals surface area contributed by atoms with E-state index in [1.54, 1.807) is 0 Å². The summed E-state index contributed by atoms with van der Waals surface area (Å²) >= 11 is 15.3. The van der Waals surface area contributed by atoms with Crippen LogP contribution >= 0.6 is 39.1 Å². The number of rotatable bonds is 3. The highest BCUT2D eigenvalue weighted by atomic mass is 79.9. The molecule has 1 aliphatic carbocycles. The molecule has 112 valence electrons. The lowest BCUT2D eigenvalue weighted by Gasteiger charge is -2.29. The van der Waals surface area contributed by atoms with Gasteiger partial charge in [0.15, 0.2) is 0 Å². The molecule has 1 fully saturated rings. The highest BCUT2D eigenvalue weighted by Crippen LogP contribution is 2.34. The van der Waals surface area contributed by atoms with Crippen molar-refractivity contribution in [2.24, 2.45) is 5.92 Å². The minimum absolute atomic E-state index is 0.0400. The Labute approximate surface area is 138 Å². The first kappa shape index (κ1) is 16.6. The van der Waals surface area contributed by atoms with Gasteiger partial charge < -0.3 is 0 Å². The molecule has 0 saturated heterocycles. The van der Waals surface area contributed by atoms with Gasteiger partial charge in [-0.3, -0.25) is 0 Å². The summed E-state index contributed by atoms with van der Waals surface area (Å²) < 4.78 is 28.4. The molecule has 2 atom stereocenters. The summed E-state index contributed by atoms with van der Waals surface area (Å²) in [6.45, 7) is 2.07. The second kappa shape index (κ2) is 6.53. The van der Waals surface area contributed by atoms with Crippen LogP contribution in [0.3, 0.4) is 0 Å². The summed E-state index contributed by atoms with van der Waals surface area (Å²) in [5.74, 6) is 0.325. The molecule has 20 heavy (non-hydrogen) atoms. The summed E-state index contributed by atoms with van der Waals surface area (Å²) in [6, 6.07) is 3.02. The van der Waals surface area contributed by atoms with Crippen LogP contribution in [0.4, 0.5) is 0 Å². The molecule has 1 saturated carbocycles. The summed E-state index contributed by atoms with van der Waals surface area (Å²) in [5, 5.41) is 0.251. The van der Waals surface area contributed by atoms with Crippen LogP contribution < -0.4 is 4.72 Å². The Hall–Kier alpha value is 0.190. The summed E-state index contributed by atoms with van der Waals surface area (Å²) in [7, 11) is -3.71. The van der Waals surface area contributed by atoms with Gasteiger partial charge in [-0.2, -0.15) is 0 Å². The van der Waals surface area contributed by atoms with Crippen molar-refractivity contribution in [2.75, 3.05) is 0 Å². The van der Waals surface area contributed by atoms with Crippen molar-refractivity contribution in [3.63, 3.8) is 0 Å². The minimum atomic E-state index is -3.71. The topological polar surface area (TPSA) is 46.2 Å².